The Morgan fingerprint density at radius 2 is 2.00 bits per heavy atom. The number of aryl methyl sites for hydroxylation is 2. The number of aromatic nitrogens is 2. The van der Waals surface area contributed by atoms with Gasteiger partial charge in [0, 0.05) is 0 Å². The van der Waals surface area contributed by atoms with Crippen molar-refractivity contribution in [1.29, 1.82) is 0 Å². The summed E-state index contributed by atoms with van der Waals surface area (Å²) in [6, 6.07) is 5.75. The monoisotopic (exact) mass is 327 g/mol. The van der Waals surface area contributed by atoms with Gasteiger partial charge >= 0.3 is 0 Å². The summed E-state index contributed by atoms with van der Waals surface area (Å²) in [7, 11) is 0. The fraction of sp³-hybridized carbons (Fsp3) is 0.250. The molecule has 8 nitrogen and oxygen atoms in total. The number of carbonyl (C=O) groups is 3. The fourth-order valence-corrected chi connectivity index (χ4v) is 2.57. The lowest BCUT2D eigenvalue weighted by Gasteiger charge is -2.14. The third-order valence-electron chi connectivity index (χ3n) is 3.83. The van der Waals surface area contributed by atoms with Crippen LogP contribution in [0.5, 0.6) is 0 Å². The van der Waals surface area contributed by atoms with E-state index in [2.05, 4.69) is 26.1 Å². The van der Waals surface area contributed by atoms with Gasteiger partial charge in [-0.3, -0.25) is 19.5 Å². The molecule has 0 radical (unpaired) electrons. The normalized spacial score (nSPS) is 16.7. The number of H-pyrrole nitrogens is 1. The topological polar surface area (TPSA) is 116 Å². The minimum absolute atomic E-state index is 0.171. The molecule has 1 aliphatic heterocycles. The highest BCUT2D eigenvalue weighted by molar-refractivity contribution is 6.11. The van der Waals surface area contributed by atoms with E-state index in [1.807, 2.05) is 0 Å². The van der Waals surface area contributed by atoms with Gasteiger partial charge in [-0.25, -0.2) is 0 Å². The summed E-state index contributed by atoms with van der Waals surface area (Å²) in [5.74, 6) is -1.20. The molecule has 3 amide bonds. The van der Waals surface area contributed by atoms with Crippen LogP contribution >= 0.6 is 0 Å². The van der Waals surface area contributed by atoms with E-state index >= 15 is 0 Å². The van der Waals surface area contributed by atoms with Crippen molar-refractivity contribution in [2.24, 2.45) is 0 Å². The van der Waals surface area contributed by atoms with Crippen molar-refractivity contribution < 1.29 is 14.4 Å². The Labute approximate surface area is 138 Å². The number of anilines is 2. The largest absolute Gasteiger partial charge is 0.340 e. The Morgan fingerprint density at radius 1 is 1.25 bits per heavy atom. The van der Waals surface area contributed by atoms with Gasteiger partial charge in [-0.05, 0) is 26.0 Å². The van der Waals surface area contributed by atoms with Crippen LogP contribution in [-0.4, -0.2) is 34.0 Å². The number of hydrogen-bond donors (Lipinski definition) is 4. The molecule has 4 N–H and O–H groups in total. The summed E-state index contributed by atoms with van der Waals surface area (Å²) in [5, 5.41) is 14.7. The molecule has 1 aromatic heterocycles. The third kappa shape index (κ3) is 2.98. The molecule has 0 spiro atoms. The van der Waals surface area contributed by atoms with Crippen molar-refractivity contribution in [3.8, 4) is 0 Å². The number of hydrogen-bond acceptors (Lipinski definition) is 4. The van der Waals surface area contributed by atoms with Crippen LogP contribution in [0.15, 0.2) is 24.3 Å². The van der Waals surface area contributed by atoms with E-state index in [4.69, 9.17) is 0 Å². The van der Waals surface area contributed by atoms with Crippen molar-refractivity contribution in [2.45, 2.75) is 26.3 Å². The minimum atomic E-state index is -0.947. The second kappa shape index (κ2) is 6.15. The summed E-state index contributed by atoms with van der Waals surface area (Å²) in [5.41, 5.74) is 2.77. The predicted molar refractivity (Wildman–Crippen MR) is 87.6 cm³/mol. The maximum absolute atomic E-state index is 12.3. The molecule has 1 atom stereocenters. The number of para-hydroxylation sites is 1. The van der Waals surface area contributed by atoms with Gasteiger partial charge in [0.1, 0.15) is 6.04 Å². The summed E-state index contributed by atoms with van der Waals surface area (Å²) in [6.07, 6.45) is -0.171. The predicted octanol–water partition coefficient (Wildman–Crippen LogP) is 1.11. The maximum atomic E-state index is 12.3. The van der Waals surface area contributed by atoms with Crippen molar-refractivity contribution >= 4 is 29.1 Å². The second-order valence-electron chi connectivity index (χ2n) is 5.62. The molecule has 3 rings (SSSR count). The summed E-state index contributed by atoms with van der Waals surface area (Å²) in [6.45, 7) is 3.54. The summed E-state index contributed by atoms with van der Waals surface area (Å²) in [4.78, 5) is 36.7. The van der Waals surface area contributed by atoms with Crippen LogP contribution < -0.4 is 16.0 Å². The molecular formula is C16H17N5O3. The van der Waals surface area contributed by atoms with Crippen LogP contribution in [0, 0.1) is 13.8 Å². The molecule has 1 aliphatic rings. The molecule has 2 heterocycles. The van der Waals surface area contributed by atoms with Gasteiger partial charge in [0.25, 0.3) is 5.91 Å². The Balaban J connectivity index is 1.73. The molecule has 0 fully saturated rings. The molecule has 0 unspecified atom stereocenters. The molecule has 1 aromatic carbocycles. The highest BCUT2D eigenvalue weighted by Crippen LogP contribution is 2.20. The van der Waals surface area contributed by atoms with Gasteiger partial charge in [-0.15, -0.1) is 0 Å². The highest BCUT2D eigenvalue weighted by Gasteiger charge is 2.29. The molecule has 24 heavy (non-hydrogen) atoms. The zero-order valence-electron chi connectivity index (χ0n) is 13.3. The number of benzene rings is 1. The maximum Gasteiger partial charge on any atom is 0.254 e. The molecule has 124 valence electrons. The quantitative estimate of drug-likeness (QED) is 0.675. The zero-order chi connectivity index (χ0) is 17.3. The smallest absolute Gasteiger partial charge is 0.254 e. The molecule has 0 saturated heterocycles. The highest BCUT2D eigenvalue weighted by atomic mass is 16.2. The van der Waals surface area contributed by atoms with Crippen molar-refractivity contribution in [1.82, 2.24) is 15.5 Å². The zero-order valence-corrected chi connectivity index (χ0v) is 13.3. The average molecular weight is 327 g/mol. The van der Waals surface area contributed by atoms with Gasteiger partial charge in [0.15, 0.2) is 0 Å². The SMILES string of the molecule is Cc1n[nH]c(C)c1NC(=O)C[C@@H]1NC(=O)c2ccccc2NC1=O. The first-order valence-corrected chi connectivity index (χ1v) is 7.48. The van der Waals surface area contributed by atoms with E-state index < -0.39 is 17.9 Å². The van der Waals surface area contributed by atoms with Crippen LogP contribution in [0.2, 0.25) is 0 Å². The van der Waals surface area contributed by atoms with E-state index in [0.29, 0.717) is 22.6 Å². The molecule has 0 aliphatic carbocycles. The number of amides is 3. The van der Waals surface area contributed by atoms with Crippen molar-refractivity contribution in [3.63, 3.8) is 0 Å². The number of nitrogens with one attached hydrogen (secondary N) is 4. The lowest BCUT2D eigenvalue weighted by molar-refractivity contribution is -0.122. The van der Waals surface area contributed by atoms with E-state index in [1.165, 1.54) is 0 Å². The minimum Gasteiger partial charge on any atom is -0.340 e. The Bertz CT molecular complexity index is 807. The number of fused-ring (bicyclic) bond motifs is 1. The van der Waals surface area contributed by atoms with Crippen LogP contribution in [-0.2, 0) is 9.59 Å². The molecule has 0 saturated carbocycles. The van der Waals surface area contributed by atoms with Gasteiger partial charge in [0.2, 0.25) is 11.8 Å². The molecule has 2 aromatic rings. The molecular weight excluding hydrogens is 310 g/mol. The first-order chi connectivity index (χ1) is 11.5. The lowest BCUT2D eigenvalue weighted by Crippen LogP contribution is -2.43. The number of carbonyl (C=O) groups excluding carboxylic acids is 3. The van der Waals surface area contributed by atoms with Crippen LogP contribution in [0.1, 0.15) is 28.2 Å². The van der Waals surface area contributed by atoms with E-state index in [0.717, 1.165) is 5.69 Å². The first-order valence-electron chi connectivity index (χ1n) is 7.48. The van der Waals surface area contributed by atoms with Crippen LogP contribution in [0.25, 0.3) is 0 Å². The van der Waals surface area contributed by atoms with Gasteiger partial charge in [0.05, 0.1) is 34.7 Å². The standard InChI is InChI=1S/C16H17N5O3/c1-8-14(9(2)21-20-8)19-13(22)7-12-16(24)17-11-6-4-3-5-10(11)15(23)18-12/h3-6,12H,7H2,1-2H3,(H,17,24)(H,18,23)(H,19,22)(H,20,21)/t12-/m0/s1. The van der Waals surface area contributed by atoms with E-state index in [1.54, 1.807) is 38.1 Å². The Morgan fingerprint density at radius 3 is 2.71 bits per heavy atom. The van der Waals surface area contributed by atoms with Crippen LogP contribution in [0.3, 0.4) is 0 Å². The Kier molecular flexibility index (Phi) is 4.03. The second-order valence-corrected chi connectivity index (χ2v) is 5.62. The lowest BCUT2D eigenvalue weighted by atomic mass is 10.1. The van der Waals surface area contributed by atoms with Crippen LogP contribution in [0.4, 0.5) is 11.4 Å². The average Bonchev–Trinajstić information content (AvgIpc) is 2.80. The number of rotatable bonds is 3. The molecule has 8 heteroatoms. The van der Waals surface area contributed by atoms with Gasteiger partial charge < -0.3 is 16.0 Å². The molecule has 0 bridgehead atoms. The summed E-state index contributed by atoms with van der Waals surface area (Å²) < 4.78 is 0. The Hall–Kier alpha value is -3.16. The third-order valence-corrected chi connectivity index (χ3v) is 3.83. The van der Waals surface area contributed by atoms with E-state index in [9.17, 15) is 14.4 Å². The van der Waals surface area contributed by atoms with Crippen molar-refractivity contribution in [2.75, 3.05) is 10.6 Å². The van der Waals surface area contributed by atoms with E-state index in [-0.39, 0.29) is 12.3 Å². The number of aromatic amines is 1. The van der Waals surface area contributed by atoms with Crippen molar-refractivity contribution in [3.05, 3.63) is 41.2 Å². The first kappa shape index (κ1) is 15.7. The van der Waals surface area contributed by atoms with Gasteiger partial charge in [-0.2, -0.15) is 5.10 Å². The van der Waals surface area contributed by atoms with Gasteiger partial charge in [-0.1, -0.05) is 12.1 Å². The number of nitrogens with zero attached hydrogens (tertiary/aromatic N) is 1. The fourth-order valence-electron chi connectivity index (χ4n) is 2.57. The summed E-state index contributed by atoms with van der Waals surface area (Å²) >= 11 is 0.